The highest BCUT2D eigenvalue weighted by Gasteiger charge is 2.44. The molecular weight excluding hydrogens is 797 g/mol. The third-order valence-corrected chi connectivity index (χ3v) is 16.2. The van der Waals surface area contributed by atoms with Crippen LogP contribution in [0.4, 0.5) is 0 Å². The summed E-state index contributed by atoms with van der Waals surface area (Å²) in [7, 11) is 0. The van der Waals surface area contributed by atoms with Gasteiger partial charge in [-0.15, -0.1) is 11.3 Å². The molecule has 0 saturated heterocycles. The van der Waals surface area contributed by atoms with Crippen LogP contribution in [-0.4, -0.2) is 9.13 Å². The second-order valence-electron chi connectivity index (χ2n) is 18.3. The molecule has 0 unspecified atom stereocenters. The SMILES string of the molecule is c1ccc2c(c1)oc1cc(-n3c4ccccc4c4ccc(-c5ccc6c(c5)C5(CCCCC5)c5cc7c8ccccc8n(-c8ccc9c(c8)sc8ccccc89)c7cc5-6)cc43)ccc12. The summed E-state index contributed by atoms with van der Waals surface area (Å²) in [5.74, 6) is 0. The summed E-state index contributed by atoms with van der Waals surface area (Å²) in [6, 6.07) is 68.4. The van der Waals surface area contributed by atoms with E-state index in [2.05, 4.69) is 185 Å². The third kappa shape index (κ3) is 4.70. The second kappa shape index (κ2) is 12.8. The van der Waals surface area contributed by atoms with Gasteiger partial charge in [-0.3, -0.25) is 0 Å². The molecule has 2 aliphatic rings. The molecule has 302 valence electrons. The van der Waals surface area contributed by atoms with Gasteiger partial charge in [-0.05, 0) is 119 Å². The minimum Gasteiger partial charge on any atom is -0.456 e. The second-order valence-corrected chi connectivity index (χ2v) is 19.4. The average Bonchev–Trinajstić information content (AvgIpc) is 4.14. The number of nitrogens with zero attached hydrogens (tertiary/aromatic N) is 2. The number of fused-ring (bicyclic) bond motifs is 17. The highest BCUT2D eigenvalue weighted by molar-refractivity contribution is 7.25. The smallest absolute Gasteiger partial charge is 0.137 e. The van der Waals surface area contributed by atoms with Crippen LogP contribution < -0.4 is 0 Å². The summed E-state index contributed by atoms with van der Waals surface area (Å²) >= 11 is 1.89. The molecule has 0 N–H and O–H groups in total. The van der Waals surface area contributed by atoms with E-state index >= 15 is 0 Å². The predicted octanol–water partition coefficient (Wildman–Crippen LogP) is 17.0. The van der Waals surface area contributed by atoms with E-state index in [1.807, 2.05) is 17.4 Å². The lowest BCUT2D eigenvalue weighted by Crippen LogP contribution is -2.28. The number of furan rings is 1. The van der Waals surface area contributed by atoms with Gasteiger partial charge in [0, 0.05) is 75.3 Å². The molecule has 2 aliphatic carbocycles. The summed E-state index contributed by atoms with van der Waals surface area (Å²) in [6.07, 6.45) is 6.16. The van der Waals surface area contributed by atoms with Crippen LogP contribution in [0.5, 0.6) is 0 Å². The van der Waals surface area contributed by atoms with Gasteiger partial charge in [0.25, 0.3) is 0 Å². The van der Waals surface area contributed by atoms with Gasteiger partial charge in [-0.2, -0.15) is 0 Å². The van der Waals surface area contributed by atoms with Crippen LogP contribution in [0.1, 0.15) is 43.2 Å². The van der Waals surface area contributed by atoms with E-state index < -0.39 is 0 Å². The Kier molecular flexibility index (Phi) is 7.04. The van der Waals surface area contributed by atoms with Crippen LogP contribution in [-0.2, 0) is 5.41 Å². The number of para-hydroxylation sites is 3. The quantitative estimate of drug-likeness (QED) is 0.174. The van der Waals surface area contributed by atoms with Crippen molar-refractivity contribution < 1.29 is 4.42 Å². The van der Waals surface area contributed by atoms with Crippen molar-refractivity contribution in [1.29, 1.82) is 0 Å². The molecule has 0 bridgehead atoms. The van der Waals surface area contributed by atoms with Crippen molar-refractivity contribution in [1.82, 2.24) is 9.13 Å². The maximum atomic E-state index is 6.41. The first-order valence-electron chi connectivity index (χ1n) is 22.8. The molecule has 0 amide bonds. The number of benzene rings is 9. The summed E-state index contributed by atoms with van der Waals surface area (Å²) in [5, 5.41) is 10.2. The molecule has 0 radical (unpaired) electrons. The van der Waals surface area contributed by atoms with Crippen molar-refractivity contribution in [2.24, 2.45) is 0 Å². The number of rotatable bonds is 3. The molecule has 1 spiro atoms. The highest BCUT2D eigenvalue weighted by atomic mass is 32.1. The van der Waals surface area contributed by atoms with Gasteiger partial charge in [0.15, 0.2) is 0 Å². The molecule has 0 atom stereocenters. The largest absolute Gasteiger partial charge is 0.456 e. The molecule has 13 aromatic rings. The molecule has 1 fully saturated rings. The zero-order valence-electron chi connectivity index (χ0n) is 35.1. The zero-order chi connectivity index (χ0) is 41.7. The Hall–Kier alpha value is -7.40. The topological polar surface area (TPSA) is 23.0 Å². The molecule has 0 aliphatic heterocycles. The maximum Gasteiger partial charge on any atom is 0.137 e. The predicted molar refractivity (Wildman–Crippen MR) is 270 cm³/mol. The Bertz CT molecular complexity index is 4130. The Morgan fingerprint density at radius 2 is 0.953 bits per heavy atom. The van der Waals surface area contributed by atoms with Crippen LogP contribution in [0.2, 0.25) is 0 Å². The average molecular weight is 837 g/mol. The summed E-state index contributed by atoms with van der Waals surface area (Å²) in [4.78, 5) is 0. The lowest BCUT2D eigenvalue weighted by molar-refractivity contribution is 0.353. The van der Waals surface area contributed by atoms with Crippen molar-refractivity contribution in [3.63, 3.8) is 0 Å². The van der Waals surface area contributed by atoms with Gasteiger partial charge >= 0.3 is 0 Å². The van der Waals surface area contributed by atoms with E-state index in [9.17, 15) is 0 Å². The molecule has 1 saturated carbocycles. The molecule has 9 aromatic carbocycles. The molecule has 64 heavy (non-hydrogen) atoms. The van der Waals surface area contributed by atoms with Crippen molar-refractivity contribution in [3.05, 3.63) is 193 Å². The Morgan fingerprint density at radius 1 is 0.375 bits per heavy atom. The fourth-order valence-corrected chi connectivity index (χ4v) is 13.4. The van der Waals surface area contributed by atoms with Crippen LogP contribution in [0.3, 0.4) is 0 Å². The fraction of sp³-hybridized carbons (Fsp3) is 0.100. The Morgan fingerprint density at radius 3 is 1.78 bits per heavy atom. The van der Waals surface area contributed by atoms with E-state index in [4.69, 9.17) is 4.42 Å². The van der Waals surface area contributed by atoms with E-state index in [1.165, 1.54) is 135 Å². The van der Waals surface area contributed by atoms with Gasteiger partial charge < -0.3 is 13.6 Å². The summed E-state index contributed by atoms with van der Waals surface area (Å²) in [5.41, 5.74) is 17.4. The zero-order valence-corrected chi connectivity index (χ0v) is 35.9. The minimum absolute atomic E-state index is 0.00665. The number of thiophene rings is 1. The van der Waals surface area contributed by atoms with Crippen molar-refractivity contribution in [3.8, 4) is 33.6 Å². The molecule has 4 aromatic heterocycles. The van der Waals surface area contributed by atoms with Gasteiger partial charge in [0.2, 0.25) is 0 Å². The van der Waals surface area contributed by atoms with Crippen LogP contribution in [0.25, 0.3) is 119 Å². The number of hydrogen-bond acceptors (Lipinski definition) is 2. The van der Waals surface area contributed by atoms with E-state index in [1.54, 1.807) is 0 Å². The molecule has 4 heteroatoms. The lowest BCUT2D eigenvalue weighted by atomic mass is 9.67. The normalized spacial score (nSPS) is 14.7. The number of hydrogen-bond donors (Lipinski definition) is 0. The first-order valence-corrected chi connectivity index (χ1v) is 23.6. The first kappa shape index (κ1) is 35.1. The number of aromatic nitrogens is 2. The van der Waals surface area contributed by atoms with Crippen LogP contribution in [0, 0.1) is 0 Å². The van der Waals surface area contributed by atoms with Gasteiger partial charge in [0.05, 0.1) is 22.1 Å². The Labute approximate surface area is 373 Å². The highest BCUT2D eigenvalue weighted by Crippen LogP contribution is 2.58. The van der Waals surface area contributed by atoms with Crippen molar-refractivity contribution in [2.75, 3.05) is 0 Å². The van der Waals surface area contributed by atoms with E-state index in [0.29, 0.717) is 0 Å². The minimum atomic E-state index is -0.00665. The van der Waals surface area contributed by atoms with E-state index in [-0.39, 0.29) is 5.41 Å². The summed E-state index contributed by atoms with van der Waals surface area (Å²) in [6.45, 7) is 0. The standard InChI is InChI=1S/C60H40N2OS/c1-10-28-60(29-11-1)50-30-36(37-21-25-43-41-12-2-6-16-52(41)61(54(43)31-37)38-22-26-45-44-14-4-8-18-56(44)63-57(45)32-38)20-24-40(50)48-35-55-49(34-51(48)60)42-13-3-7-17-53(42)62(55)39-23-27-47-46-15-5-9-19-58(46)64-59(47)33-39/h2-9,12-27,30-35H,1,10-11,28-29H2. The third-order valence-electron chi connectivity index (χ3n) is 15.1. The Balaban J connectivity index is 0.913. The van der Waals surface area contributed by atoms with Gasteiger partial charge in [0.1, 0.15) is 11.2 Å². The van der Waals surface area contributed by atoms with E-state index in [0.717, 1.165) is 27.6 Å². The van der Waals surface area contributed by atoms with Crippen LogP contribution >= 0.6 is 11.3 Å². The van der Waals surface area contributed by atoms with Crippen LogP contribution in [0.15, 0.2) is 186 Å². The van der Waals surface area contributed by atoms with Gasteiger partial charge in [-0.25, -0.2) is 0 Å². The monoisotopic (exact) mass is 836 g/mol. The van der Waals surface area contributed by atoms with Gasteiger partial charge in [-0.1, -0.05) is 122 Å². The summed E-state index contributed by atoms with van der Waals surface area (Å²) < 4.78 is 14.0. The maximum absolute atomic E-state index is 6.41. The molecule has 4 heterocycles. The van der Waals surface area contributed by atoms with Crippen molar-refractivity contribution >= 4 is 97.1 Å². The lowest BCUT2D eigenvalue weighted by Gasteiger charge is -2.36. The fourth-order valence-electron chi connectivity index (χ4n) is 12.2. The molecule has 15 rings (SSSR count). The first-order chi connectivity index (χ1) is 31.7. The van der Waals surface area contributed by atoms with Crippen molar-refractivity contribution in [2.45, 2.75) is 37.5 Å². The molecular formula is C60H40N2OS. The molecule has 3 nitrogen and oxygen atoms in total.